The Kier molecular flexibility index (Phi) is 5.82. The number of aromatic nitrogens is 2. The summed E-state index contributed by atoms with van der Waals surface area (Å²) in [6, 6.07) is 6.83. The molecule has 11 nitrogen and oxygen atoms in total. The number of ether oxygens (including phenoxy) is 1. The molecule has 0 radical (unpaired) electrons. The van der Waals surface area contributed by atoms with Gasteiger partial charge in [0.1, 0.15) is 34.0 Å². The smallest absolute Gasteiger partial charge is 0.316 e. The number of carbonyl (C=O) groups excluding carboxylic acids is 3. The van der Waals surface area contributed by atoms with Gasteiger partial charge in [-0.05, 0) is 39.8 Å². The number of nitrogens with one attached hydrogen (secondary N) is 2. The molecule has 0 saturated heterocycles. The molecule has 11 heteroatoms. The van der Waals surface area contributed by atoms with Gasteiger partial charge >= 0.3 is 11.1 Å². The summed E-state index contributed by atoms with van der Waals surface area (Å²) in [4.78, 5) is 66.4. The maximum atomic E-state index is 13.9. The van der Waals surface area contributed by atoms with Crippen molar-refractivity contribution in [3.05, 3.63) is 84.8 Å². The molecular formula is C28H25N3O8. The molecule has 1 atom stereocenters. The Hall–Kier alpha value is -4.93. The number of Topliss-reactive ketones (excluding diaryl/α,β-unsaturated/α-hetero) is 2. The van der Waals surface area contributed by atoms with E-state index in [1.807, 2.05) is 0 Å². The molecule has 3 aromatic rings. The largest absolute Gasteiger partial charge is 0.507 e. The van der Waals surface area contributed by atoms with Crippen LogP contribution in [0, 0.1) is 6.92 Å². The van der Waals surface area contributed by atoms with Gasteiger partial charge in [0, 0.05) is 30.4 Å². The zero-order chi connectivity index (χ0) is 28.4. The second-order valence-electron chi connectivity index (χ2n) is 9.74. The number of para-hydroxylation sites is 2. The van der Waals surface area contributed by atoms with E-state index in [0.717, 1.165) is 6.08 Å². The molecule has 0 spiro atoms. The summed E-state index contributed by atoms with van der Waals surface area (Å²) >= 11 is 0. The minimum Gasteiger partial charge on any atom is -0.507 e. The number of allylic oxidation sites excluding steroid dienone is 4. The predicted molar refractivity (Wildman–Crippen MR) is 140 cm³/mol. The number of rotatable bonds is 5. The molecule has 0 bridgehead atoms. The number of fused-ring (bicyclic) bond motifs is 4. The number of phenols is 2. The first kappa shape index (κ1) is 25.7. The van der Waals surface area contributed by atoms with Crippen molar-refractivity contribution in [2.45, 2.75) is 39.7 Å². The lowest BCUT2D eigenvalue weighted by Crippen LogP contribution is -2.42. The second-order valence-corrected chi connectivity index (χ2v) is 9.74. The molecule has 1 aliphatic heterocycles. The fraction of sp³-hybridized carbons (Fsp3) is 0.250. The molecule has 0 fully saturated rings. The highest BCUT2D eigenvalue weighted by atomic mass is 16.5. The van der Waals surface area contributed by atoms with Crippen molar-refractivity contribution >= 4 is 28.4 Å². The van der Waals surface area contributed by atoms with Gasteiger partial charge in [0.2, 0.25) is 0 Å². The van der Waals surface area contributed by atoms with Crippen molar-refractivity contribution in [3.8, 4) is 17.2 Å². The molecular weight excluding hydrogens is 506 g/mol. The van der Waals surface area contributed by atoms with E-state index >= 15 is 0 Å². The molecule has 39 heavy (non-hydrogen) atoms. The summed E-state index contributed by atoms with van der Waals surface area (Å²) in [5.74, 6) is -2.94. The van der Waals surface area contributed by atoms with Gasteiger partial charge in [0.05, 0.1) is 22.2 Å². The van der Waals surface area contributed by atoms with E-state index in [4.69, 9.17) is 4.74 Å². The van der Waals surface area contributed by atoms with Crippen LogP contribution in [0.15, 0.2) is 57.0 Å². The lowest BCUT2D eigenvalue weighted by molar-refractivity contribution is -0.123. The molecule has 2 heterocycles. The first-order valence-electron chi connectivity index (χ1n) is 12.1. The van der Waals surface area contributed by atoms with Crippen molar-refractivity contribution in [2.75, 3.05) is 6.54 Å². The Balaban J connectivity index is 1.53. The number of aromatic amines is 1. The zero-order valence-electron chi connectivity index (χ0n) is 21.6. The Morgan fingerprint density at radius 2 is 1.79 bits per heavy atom. The third-order valence-corrected chi connectivity index (χ3v) is 7.37. The Bertz CT molecular complexity index is 1820. The average Bonchev–Trinajstić information content (AvgIpc) is 3.17. The standard InChI is InChI=1S/C28H25N3O8/c1-12-22(34)20(14(3)32)24-21(23(12)35)28(4)18(39-24)11-17(33)19(25(28)36)13(2)29-9-10-31-16-8-6-5-7-15(16)30-26(37)27(31)38/h5-8,11,29,34-35H,9-10H2,1-4H3,(H,30,37). The second kappa shape index (κ2) is 8.83. The number of nitrogens with zero attached hydrogens (tertiary/aromatic N) is 1. The van der Waals surface area contributed by atoms with Gasteiger partial charge in [-0.2, -0.15) is 0 Å². The lowest BCUT2D eigenvalue weighted by atomic mass is 9.70. The van der Waals surface area contributed by atoms with Crippen LogP contribution in [0.4, 0.5) is 0 Å². The van der Waals surface area contributed by atoms with E-state index in [-0.39, 0.29) is 52.6 Å². The Morgan fingerprint density at radius 1 is 1.10 bits per heavy atom. The summed E-state index contributed by atoms with van der Waals surface area (Å²) in [5.41, 5.74) is -2.26. The van der Waals surface area contributed by atoms with E-state index in [0.29, 0.717) is 11.0 Å². The fourth-order valence-electron chi connectivity index (χ4n) is 5.25. The van der Waals surface area contributed by atoms with E-state index in [1.165, 1.54) is 32.3 Å². The van der Waals surface area contributed by atoms with Gasteiger partial charge in [0.15, 0.2) is 17.3 Å². The van der Waals surface area contributed by atoms with Crippen LogP contribution in [0.1, 0.15) is 42.3 Å². The van der Waals surface area contributed by atoms with Crippen LogP contribution in [0.25, 0.3) is 11.0 Å². The molecule has 200 valence electrons. The maximum Gasteiger partial charge on any atom is 0.316 e. The number of phenolic OH excluding ortho intramolecular Hbond substituents is 2. The van der Waals surface area contributed by atoms with Crippen LogP contribution in [0.3, 0.4) is 0 Å². The van der Waals surface area contributed by atoms with Crippen molar-refractivity contribution < 1.29 is 29.3 Å². The number of hydrogen-bond donors (Lipinski definition) is 4. The highest BCUT2D eigenvalue weighted by molar-refractivity contribution is 6.31. The van der Waals surface area contributed by atoms with E-state index in [9.17, 15) is 34.2 Å². The highest BCUT2D eigenvalue weighted by Crippen LogP contribution is 2.57. The van der Waals surface area contributed by atoms with Crippen LogP contribution < -0.4 is 21.2 Å². The van der Waals surface area contributed by atoms with Crippen molar-refractivity contribution in [2.24, 2.45) is 0 Å². The molecule has 1 unspecified atom stereocenters. The van der Waals surface area contributed by atoms with Gasteiger partial charge in [-0.1, -0.05) is 12.1 Å². The molecule has 2 aromatic carbocycles. The van der Waals surface area contributed by atoms with Gasteiger partial charge < -0.3 is 29.8 Å². The highest BCUT2D eigenvalue weighted by Gasteiger charge is 2.56. The number of H-pyrrole nitrogens is 1. The van der Waals surface area contributed by atoms with Crippen molar-refractivity contribution in [1.82, 2.24) is 14.9 Å². The number of aromatic hydroxyl groups is 2. The summed E-state index contributed by atoms with van der Waals surface area (Å²) in [5, 5.41) is 24.4. The van der Waals surface area contributed by atoms with Crippen LogP contribution in [0.2, 0.25) is 0 Å². The molecule has 1 aliphatic carbocycles. The summed E-state index contributed by atoms with van der Waals surface area (Å²) in [6.45, 7) is 5.82. The van der Waals surface area contributed by atoms with E-state index < -0.39 is 45.4 Å². The molecule has 2 aliphatic rings. The molecule has 0 amide bonds. The molecule has 5 rings (SSSR count). The fourth-order valence-corrected chi connectivity index (χ4v) is 5.25. The predicted octanol–water partition coefficient (Wildman–Crippen LogP) is 1.86. The van der Waals surface area contributed by atoms with Crippen molar-refractivity contribution in [1.29, 1.82) is 0 Å². The SMILES string of the molecule is CC(=O)c1c(O)c(C)c(O)c2c1OC1=CC(=O)C(=C(C)NCCn3c(=O)c(=O)[nH]c4ccccc43)C(=O)C12C. The average molecular weight is 532 g/mol. The topological polar surface area (TPSA) is 168 Å². The van der Waals surface area contributed by atoms with Gasteiger partial charge in [0.25, 0.3) is 0 Å². The summed E-state index contributed by atoms with van der Waals surface area (Å²) in [7, 11) is 0. The summed E-state index contributed by atoms with van der Waals surface area (Å²) in [6.07, 6.45) is 1.13. The first-order chi connectivity index (χ1) is 18.4. The van der Waals surface area contributed by atoms with Crippen LogP contribution >= 0.6 is 0 Å². The first-order valence-corrected chi connectivity index (χ1v) is 12.1. The minimum absolute atomic E-state index is 0.00131. The monoisotopic (exact) mass is 531 g/mol. The molecule has 1 aromatic heterocycles. The number of hydrogen-bond acceptors (Lipinski definition) is 9. The van der Waals surface area contributed by atoms with Crippen LogP contribution in [-0.4, -0.2) is 43.7 Å². The van der Waals surface area contributed by atoms with Gasteiger partial charge in [-0.3, -0.25) is 24.0 Å². The van der Waals surface area contributed by atoms with Crippen LogP contribution in [-0.2, 0) is 21.5 Å². The third kappa shape index (κ3) is 3.61. The quantitative estimate of drug-likeness (QED) is 0.166. The number of ketones is 3. The minimum atomic E-state index is -1.63. The van der Waals surface area contributed by atoms with Crippen LogP contribution in [0.5, 0.6) is 17.2 Å². The third-order valence-electron chi connectivity index (χ3n) is 7.37. The zero-order valence-corrected chi connectivity index (χ0v) is 21.6. The van der Waals surface area contributed by atoms with Crippen molar-refractivity contribution in [3.63, 3.8) is 0 Å². The normalized spacial score (nSPS) is 19.3. The molecule has 0 saturated carbocycles. The Labute approximate surface area is 221 Å². The lowest BCUT2D eigenvalue weighted by Gasteiger charge is -2.29. The van der Waals surface area contributed by atoms with Gasteiger partial charge in [-0.25, -0.2) is 0 Å². The van der Waals surface area contributed by atoms with Gasteiger partial charge in [-0.15, -0.1) is 0 Å². The summed E-state index contributed by atoms with van der Waals surface area (Å²) < 4.78 is 7.07. The Morgan fingerprint density at radius 3 is 2.49 bits per heavy atom. The van der Waals surface area contributed by atoms with E-state index in [2.05, 4.69) is 10.3 Å². The number of carbonyl (C=O) groups is 3. The number of benzene rings is 2. The molecule has 4 N–H and O–H groups in total. The van der Waals surface area contributed by atoms with E-state index in [1.54, 1.807) is 24.3 Å². The maximum absolute atomic E-state index is 13.9.